The van der Waals surface area contributed by atoms with Crippen LogP contribution in [0.25, 0.3) is 0 Å². The van der Waals surface area contributed by atoms with Crippen LogP contribution in [0, 0.1) is 5.82 Å². The molecule has 3 nitrogen and oxygen atoms in total. The molecule has 110 valence electrons. The number of carbonyl (C=O) groups excluding carboxylic acids is 1. The first-order chi connectivity index (χ1) is 10.0. The van der Waals surface area contributed by atoms with Gasteiger partial charge in [-0.1, -0.05) is 11.6 Å². The number of benzene rings is 2. The number of hydrogen-bond acceptors (Lipinski definition) is 3. The summed E-state index contributed by atoms with van der Waals surface area (Å²) in [4.78, 5) is 12.8. The summed E-state index contributed by atoms with van der Waals surface area (Å²) in [7, 11) is 0. The first kappa shape index (κ1) is 15.7. The Labute approximate surface area is 131 Å². The molecule has 0 heterocycles. The van der Waals surface area contributed by atoms with Gasteiger partial charge in [-0.05, 0) is 42.5 Å². The number of halogens is 2. The van der Waals surface area contributed by atoms with Gasteiger partial charge >= 0.3 is 0 Å². The first-order valence-corrected chi connectivity index (χ1v) is 7.64. The number of thioether (sulfide) groups is 1. The minimum Gasteiger partial charge on any atom is -0.399 e. The molecule has 2 aromatic carbocycles. The highest BCUT2D eigenvalue weighted by Crippen LogP contribution is 2.21. The van der Waals surface area contributed by atoms with E-state index in [4.69, 9.17) is 17.3 Å². The van der Waals surface area contributed by atoms with Gasteiger partial charge in [-0.2, -0.15) is 0 Å². The fourth-order valence-corrected chi connectivity index (χ4v) is 2.66. The van der Waals surface area contributed by atoms with E-state index in [0.717, 1.165) is 4.90 Å². The van der Waals surface area contributed by atoms with Crippen LogP contribution in [0.4, 0.5) is 15.8 Å². The van der Waals surface area contributed by atoms with Crippen LogP contribution >= 0.6 is 23.4 Å². The third-order valence-corrected chi connectivity index (χ3v) is 3.98. The summed E-state index contributed by atoms with van der Waals surface area (Å²) < 4.78 is 13.0. The van der Waals surface area contributed by atoms with E-state index in [2.05, 4.69) is 5.32 Å². The van der Waals surface area contributed by atoms with Crippen molar-refractivity contribution in [2.45, 2.75) is 11.3 Å². The molecule has 1 amide bonds. The van der Waals surface area contributed by atoms with Crippen molar-refractivity contribution in [1.82, 2.24) is 0 Å². The third-order valence-electron chi connectivity index (χ3n) is 2.68. The van der Waals surface area contributed by atoms with E-state index < -0.39 is 5.82 Å². The molecule has 0 aliphatic heterocycles. The smallest absolute Gasteiger partial charge is 0.225 e. The lowest BCUT2D eigenvalue weighted by Crippen LogP contribution is -2.12. The van der Waals surface area contributed by atoms with E-state index in [1.807, 2.05) is 24.3 Å². The van der Waals surface area contributed by atoms with E-state index in [0.29, 0.717) is 23.5 Å². The molecule has 0 saturated carbocycles. The molecule has 0 unspecified atom stereocenters. The van der Waals surface area contributed by atoms with Gasteiger partial charge in [0.2, 0.25) is 5.91 Å². The summed E-state index contributed by atoms with van der Waals surface area (Å²) in [6.45, 7) is 0. The van der Waals surface area contributed by atoms with Gasteiger partial charge in [0.25, 0.3) is 0 Å². The Balaban J connectivity index is 1.79. The maximum absolute atomic E-state index is 13.0. The normalized spacial score (nSPS) is 10.4. The number of anilines is 2. The predicted octanol–water partition coefficient (Wildman–Crippen LogP) is 4.18. The lowest BCUT2D eigenvalue weighted by atomic mass is 10.3. The topological polar surface area (TPSA) is 55.1 Å². The lowest BCUT2D eigenvalue weighted by molar-refractivity contribution is -0.115. The first-order valence-electron chi connectivity index (χ1n) is 6.28. The molecule has 0 aliphatic carbocycles. The summed E-state index contributed by atoms with van der Waals surface area (Å²) in [6.07, 6.45) is 0.351. The van der Waals surface area contributed by atoms with Crippen molar-refractivity contribution in [2.75, 3.05) is 16.8 Å². The molecule has 0 spiro atoms. The lowest BCUT2D eigenvalue weighted by Gasteiger charge is -2.06. The second-order valence-electron chi connectivity index (χ2n) is 4.34. The molecule has 0 fully saturated rings. The highest BCUT2D eigenvalue weighted by Gasteiger charge is 2.05. The van der Waals surface area contributed by atoms with Crippen LogP contribution in [0.1, 0.15) is 6.42 Å². The maximum atomic E-state index is 13.0. The Kier molecular flexibility index (Phi) is 5.47. The fraction of sp³-hybridized carbons (Fsp3) is 0.133. The van der Waals surface area contributed by atoms with Crippen molar-refractivity contribution >= 4 is 40.6 Å². The molecule has 0 saturated heterocycles. The van der Waals surface area contributed by atoms with E-state index in [1.165, 1.54) is 18.2 Å². The van der Waals surface area contributed by atoms with Gasteiger partial charge in [0.05, 0.1) is 5.02 Å². The zero-order chi connectivity index (χ0) is 15.2. The van der Waals surface area contributed by atoms with Crippen LogP contribution in [0.15, 0.2) is 47.4 Å². The monoisotopic (exact) mass is 324 g/mol. The van der Waals surface area contributed by atoms with Crippen molar-refractivity contribution in [1.29, 1.82) is 0 Å². The van der Waals surface area contributed by atoms with Gasteiger partial charge in [-0.15, -0.1) is 11.8 Å². The average molecular weight is 325 g/mol. The third kappa shape index (κ3) is 4.95. The molecule has 0 aliphatic rings. The molecular formula is C15H14ClFN2OS. The number of rotatable bonds is 5. The van der Waals surface area contributed by atoms with Crippen LogP contribution in [-0.4, -0.2) is 11.7 Å². The Morgan fingerprint density at radius 3 is 2.62 bits per heavy atom. The van der Waals surface area contributed by atoms with Gasteiger partial charge < -0.3 is 11.1 Å². The predicted molar refractivity (Wildman–Crippen MR) is 86.2 cm³/mol. The Morgan fingerprint density at radius 2 is 1.95 bits per heavy atom. The number of nitrogens with two attached hydrogens (primary N) is 1. The van der Waals surface area contributed by atoms with Gasteiger partial charge in [0.15, 0.2) is 0 Å². The molecule has 0 radical (unpaired) electrons. The molecule has 2 rings (SSSR count). The standard InChI is InChI=1S/C15H14ClFN2OS/c16-13-9-11(3-6-14(13)17)19-15(20)7-8-21-12-4-1-10(18)2-5-12/h1-6,9H,7-8,18H2,(H,19,20). The molecular weight excluding hydrogens is 311 g/mol. The summed E-state index contributed by atoms with van der Waals surface area (Å²) in [5.74, 6) is -0.000737. The SMILES string of the molecule is Nc1ccc(SCCC(=O)Nc2ccc(F)c(Cl)c2)cc1. The largest absolute Gasteiger partial charge is 0.399 e. The van der Waals surface area contributed by atoms with Crippen molar-refractivity contribution in [3.05, 3.63) is 53.3 Å². The van der Waals surface area contributed by atoms with Crippen LogP contribution < -0.4 is 11.1 Å². The quantitative estimate of drug-likeness (QED) is 0.640. The van der Waals surface area contributed by atoms with Crippen LogP contribution in [-0.2, 0) is 4.79 Å². The van der Waals surface area contributed by atoms with Gasteiger partial charge in [-0.25, -0.2) is 4.39 Å². The van der Waals surface area contributed by atoms with Crippen LogP contribution in [0.5, 0.6) is 0 Å². The minimum atomic E-state index is -0.506. The molecule has 0 atom stereocenters. The maximum Gasteiger partial charge on any atom is 0.225 e. The number of nitrogen functional groups attached to an aromatic ring is 1. The summed E-state index contributed by atoms with van der Waals surface area (Å²) >= 11 is 7.22. The Morgan fingerprint density at radius 1 is 1.24 bits per heavy atom. The summed E-state index contributed by atoms with van der Waals surface area (Å²) in [5.41, 5.74) is 6.80. The molecule has 2 aromatic rings. The van der Waals surface area contributed by atoms with Crippen molar-refractivity contribution in [3.63, 3.8) is 0 Å². The minimum absolute atomic E-state index is 0.0101. The highest BCUT2D eigenvalue weighted by atomic mass is 35.5. The number of hydrogen-bond donors (Lipinski definition) is 2. The fourth-order valence-electron chi connectivity index (χ4n) is 1.62. The highest BCUT2D eigenvalue weighted by molar-refractivity contribution is 7.99. The molecule has 21 heavy (non-hydrogen) atoms. The Hall–Kier alpha value is -1.72. The summed E-state index contributed by atoms with van der Waals surface area (Å²) in [5, 5.41) is 2.67. The molecule has 3 N–H and O–H groups in total. The van der Waals surface area contributed by atoms with Crippen molar-refractivity contribution in [3.8, 4) is 0 Å². The number of nitrogens with one attached hydrogen (secondary N) is 1. The van der Waals surface area contributed by atoms with E-state index in [9.17, 15) is 9.18 Å². The molecule has 6 heteroatoms. The van der Waals surface area contributed by atoms with Gasteiger partial charge in [0, 0.05) is 28.4 Å². The van der Waals surface area contributed by atoms with Crippen molar-refractivity contribution < 1.29 is 9.18 Å². The average Bonchev–Trinajstić information content (AvgIpc) is 2.45. The van der Waals surface area contributed by atoms with Gasteiger partial charge in [-0.3, -0.25) is 4.79 Å². The zero-order valence-corrected chi connectivity index (χ0v) is 12.7. The van der Waals surface area contributed by atoms with Crippen LogP contribution in [0.2, 0.25) is 5.02 Å². The Bertz CT molecular complexity index is 634. The van der Waals surface area contributed by atoms with Crippen molar-refractivity contribution in [2.24, 2.45) is 0 Å². The van der Waals surface area contributed by atoms with E-state index in [-0.39, 0.29) is 10.9 Å². The number of amides is 1. The van der Waals surface area contributed by atoms with E-state index >= 15 is 0 Å². The second-order valence-corrected chi connectivity index (χ2v) is 5.92. The molecule has 0 bridgehead atoms. The number of carbonyl (C=O) groups is 1. The van der Waals surface area contributed by atoms with E-state index in [1.54, 1.807) is 11.8 Å². The van der Waals surface area contributed by atoms with Gasteiger partial charge in [0.1, 0.15) is 5.82 Å². The summed E-state index contributed by atoms with van der Waals surface area (Å²) in [6, 6.07) is 11.6. The molecule has 0 aromatic heterocycles. The van der Waals surface area contributed by atoms with Crippen LogP contribution in [0.3, 0.4) is 0 Å². The second kappa shape index (κ2) is 7.33. The zero-order valence-electron chi connectivity index (χ0n) is 11.1.